The van der Waals surface area contributed by atoms with Crippen molar-refractivity contribution < 1.29 is 13.2 Å². The van der Waals surface area contributed by atoms with E-state index in [0.717, 1.165) is 44.9 Å². The summed E-state index contributed by atoms with van der Waals surface area (Å²) in [5.74, 6) is 1.16. The van der Waals surface area contributed by atoms with E-state index in [1.54, 1.807) is 0 Å². The number of nitrogens with one attached hydrogen (secondary N) is 1. The minimum absolute atomic E-state index is 0.140. The van der Waals surface area contributed by atoms with Gasteiger partial charge in [-0.15, -0.1) is 0 Å². The quantitative estimate of drug-likeness (QED) is 0.785. The molecule has 26 heavy (non-hydrogen) atoms. The number of rotatable bonds is 4. The van der Waals surface area contributed by atoms with Crippen molar-refractivity contribution in [3.8, 4) is 0 Å². The van der Waals surface area contributed by atoms with Crippen LogP contribution >= 0.6 is 0 Å². The first-order valence-corrected chi connectivity index (χ1v) is 12.1. The fraction of sp³-hybridized carbons (Fsp3) is 0.947. The number of carbonyl (C=O) groups excluding carboxylic acids is 1. The monoisotopic (exact) mass is 385 g/mol. The lowest BCUT2D eigenvalue weighted by atomic mass is 9.91. The maximum Gasteiger partial charge on any atom is 0.244 e. The van der Waals surface area contributed by atoms with Gasteiger partial charge in [0.1, 0.15) is 0 Å². The maximum atomic E-state index is 13.3. The van der Waals surface area contributed by atoms with Gasteiger partial charge in [-0.3, -0.25) is 4.79 Å². The van der Waals surface area contributed by atoms with Gasteiger partial charge in [-0.25, -0.2) is 8.42 Å². The van der Waals surface area contributed by atoms with Crippen LogP contribution in [0.2, 0.25) is 0 Å². The molecule has 0 saturated carbocycles. The number of sulfone groups is 1. The predicted molar refractivity (Wildman–Crippen MR) is 104 cm³/mol. The molecule has 1 unspecified atom stereocenters. The standard InChI is InChI=1S/C19H35N3O3S/c1-16-5-12-21(13-6-16)14-17-4-3-11-22(15-17)18(23)19(26(2,24)25)7-9-20-10-8-19/h16-17,20H,3-15H2,1-2H3. The Morgan fingerprint density at radius 2 is 1.77 bits per heavy atom. The first-order valence-electron chi connectivity index (χ1n) is 10.2. The average Bonchev–Trinajstić information content (AvgIpc) is 2.63. The number of nitrogens with zero attached hydrogens (tertiary/aromatic N) is 2. The van der Waals surface area contributed by atoms with E-state index in [1.807, 2.05) is 4.90 Å². The SMILES string of the molecule is CC1CCN(CC2CCCN(C(=O)C3(S(C)(=O)=O)CCNCC3)C2)CC1. The second-order valence-electron chi connectivity index (χ2n) is 8.76. The molecule has 3 fully saturated rings. The fourth-order valence-corrected chi connectivity index (χ4v) is 6.26. The fourth-order valence-electron chi connectivity index (χ4n) is 4.87. The van der Waals surface area contributed by atoms with E-state index in [-0.39, 0.29) is 5.91 Å². The van der Waals surface area contributed by atoms with Crippen LogP contribution in [0.5, 0.6) is 0 Å². The Morgan fingerprint density at radius 3 is 2.38 bits per heavy atom. The van der Waals surface area contributed by atoms with Crippen molar-refractivity contribution in [1.82, 2.24) is 15.1 Å². The third kappa shape index (κ3) is 4.25. The summed E-state index contributed by atoms with van der Waals surface area (Å²) < 4.78 is 23.9. The molecule has 0 aliphatic carbocycles. The highest BCUT2D eigenvalue weighted by molar-refractivity contribution is 7.92. The van der Waals surface area contributed by atoms with Crippen LogP contribution in [0.15, 0.2) is 0 Å². The molecule has 0 bridgehead atoms. The maximum absolute atomic E-state index is 13.3. The Morgan fingerprint density at radius 1 is 1.12 bits per heavy atom. The minimum atomic E-state index is -3.43. The lowest BCUT2D eigenvalue weighted by molar-refractivity contribution is -0.136. The van der Waals surface area contributed by atoms with Crippen LogP contribution in [0.1, 0.15) is 45.4 Å². The molecule has 0 radical (unpaired) electrons. The van der Waals surface area contributed by atoms with Crippen molar-refractivity contribution in [3.63, 3.8) is 0 Å². The summed E-state index contributed by atoms with van der Waals surface area (Å²) in [6, 6.07) is 0. The molecule has 3 aliphatic rings. The zero-order valence-electron chi connectivity index (χ0n) is 16.4. The van der Waals surface area contributed by atoms with Gasteiger partial charge < -0.3 is 15.1 Å². The molecular weight excluding hydrogens is 350 g/mol. The van der Waals surface area contributed by atoms with Gasteiger partial charge >= 0.3 is 0 Å². The Balaban J connectivity index is 1.65. The minimum Gasteiger partial charge on any atom is -0.341 e. The van der Waals surface area contributed by atoms with E-state index in [4.69, 9.17) is 0 Å². The molecule has 3 heterocycles. The van der Waals surface area contributed by atoms with Crippen LogP contribution in [0.4, 0.5) is 0 Å². The lowest BCUT2D eigenvalue weighted by Gasteiger charge is -2.42. The number of piperidine rings is 3. The van der Waals surface area contributed by atoms with Crippen LogP contribution < -0.4 is 5.32 Å². The summed E-state index contributed by atoms with van der Waals surface area (Å²) in [5.41, 5.74) is 0. The largest absolute Gasteiger partial charge is 0.341 e. The second kappa shape index (κ2) is 8.15. The zero-order chi connectivity index (χ0) is 18.8. The highest BCUT2D eigenvalue weighted by Gasteiger charge is 2.51. The molecule has 1 amide bonds. The summed E-state index contributed by atoms with van der Waals surface area (Å²) in [6.07, 6.45) is 6.69. The normalized spacial score (nSPS) is 28.8. The highest BCUT2D eigenvalue weighted by Crippen LogP contribution is 2.32. The third-order valence-electron chi connectivity index (χ3n) is 6.71. The Bertz CT molecular complexity index is 593. The van der Waals surface area contributed by atoms with Crippen molar-refractivity contribution >= 4 is 15.7 Å². The molecular formula is C19H35N3O3S. The Hall–Kier alpha value is -0.660. The number of hydrogen-bond donors (Lipinski definition) is 1. The van der Waals surface area contributed by atoms with E-state index in [2.05, 4.69) is 17.1 Å². The van der Waals surface area contributed by atoms with Crippen LogP contribution in [0.25, 0.3) is 0 Å². The Kier molecular flexibility index (Phi) is 6.29. The van der Waals surface area contributed by atoms with Crippen molar-refractivity contribution in [2.24, 2.45) is 11.8 Å². The molecule has 3 saturated heterocycles. The van der Waals surface area contributed by atoms with Gasteiger partial charge in [0.15, 0.2) is 14.6 Å². The smallest absolute Gasteiger partial charge is 0.244 e. The van der Waals surface area contributed by atoms with E-state index >= 15 is 0 Å². The topological polar surface area (TPSA) is 69.7 Å². The number of amides is 1. The van der Waals surface area contributed by atoms with Crippen LogP contribution in [-0.2, 0) is 14.6 Å². The molecule has 0 aromatic rings. The van der Waals surface area contributed by atoms with Crippen LogP contribution in [-0.4, -0.2) is 80.9 Å². The highest BCUT2D eigenvalue weighted by atomic mass is 32.2. The number of likely N-dealkylation sites (tertiary alicyclic amines) is 2. The van der Waals surface area contributed by atoms with Crippen molar-refractivity contribution in [2.75, 3.05) is 52.1 Å². The van der Waals surface area contributed by atoms with Gasteiger partial charge in [0.2, 0.25) is 5.91 Å². The van der Waals surface area contributed by atoms with E-state index in [9.17, 15) is 13.2 Å². The zero-order valence-corrected chi connectivity index (χ0v) is 17.2. The molecule has 0 aromatic carbocycles. The summed E-state index contributed by atoms with van der Waals surface area (Å²) in [6.45, 7) is 8.30. The summed E-state index contributed by atoms with van der Waals surface area (Å²) in [5, 5.41) is 3.19. The summed E-state index contributed by atoms with van der Waals surface area (Å²) >= 11 is 0. The second-order valence-corrected chi connectivity index (χ2v) is 11.1. The summed E-state index contributed by atoms with van der Waals surface area (Å²) in [4.78, 5) is 17.7. The predicted octanol–water partition coefficient (Wildman–Crippen LogP) is 1.12. The van der Waals surface area contributed by atoms with Crippen molar-refractivity contribution in [1.29, 1.82) is 0 Å². The molecule has 150 valence electrons. The van der Waals surface area contributed by atoms with E-state index in [1.165, 1.54) is 19.1 Å². The lowest BCUT2D eigenvalue weighted by Crippen LogP contribution is -2.60. The average molecular weight is 386 g/mol. The number of carbonyl (C=O) groups is 1. The van der Waals surface area contributed by atoms with Gasteiger partial charge in [-0.05, 0) is 76.5 Å². The molecule has 3 aliphatic heterocycles. The van der Waals surface area contributed by atoms with Crippen molar-refractivity contribution in [2.45, 2.75) is 50.2 Å². The van der Waals surface area contributed by atoms with Gasteiger partial charge in [-0.1, -0.05) is 6.92 Å². The molecule has 0 aromatic heterocycles. The third-order valence-corrected chi connectivity index (χ3v) is 8.71. The van der Waals surface area contributed by atoms with E-state index < -0.39 is 14.6 Å². The first-order chi connectivity index (χ1) is 12.3. The van der Waals surface area contributed by atoms with Gasteiger partial charge in [-0.2, -0.15) is 0 Å². The molecule has 3 rings (SSSR count). The first kappa shape index (κ1) is 20.1. The van der Waals surface area contributed by atoms with Crippen LogP contribution in [0.3, 0.4) is 0 Å². The molecule has 7 heteroatoms. The molecule has 1 N–H and O–H groups in total. The summed E-state index contributed by atoms with van der Waals surface area (Å²) in [7, 11) is -3.43. The molecule has 0 spiro atoms. The molecule has 6 nitrogen and oxygen atoms in total. The van der Waals surface area contributed by atoms with Crippen LogP contribution in [0, 0.1) is 11.8 Å². The van der Waals surface area contributed by atoms with E-state index in [0.29, 0.717) is 38.4 Å². The Labute approximate surface area is 158 Å². The van der Waals surface area contributed by atoms with Crippen molar-refractivity contribution in [3.05, 3.63) is 0 Å². The van der Waals surface area contributed by atoms with Gasteiger partial charge in [0.05, 0.1) is 0 Å². The van der Waals surface area contributed by atoms with Gasteiger partial charge in [0, 0.05) is 25.9 Å². The number of hydrogen-bond acceptors (Lipinski definition) is 5. The molecule has 1 atom stereocenters. The van der Waals surface area contributed by atoms with Gasteiger partial charge in [0.25, 0.3) is 0 Å².